The normalized spacial score (nSPS) is 16.0. The van der Waals surface area contributed by atoms with Crippen molar-refractivity contribution in [2.45, 2.75) is 70.4 Å². The summed E-state index contributed by atoms with van der Waals surface area (Å²) in [7, 11) is 0. The van der Waals surface area contributed by atoms with Gasteiger partial charge in [0.2, 0.25) is 0 Å². The highest BCUT2D eigenvalue weighted by Crippen LogP contribution is 2.28. The molecule has 0 amide bonds. The molecule has 0 aliphatic carbocycles. The fourth-order valence-corrected chi connectivity index (χ4v) is 3.09. The van der Waals surface area contributed by atoms with Gasteiger partial charge >= 0.3 is 0 Å². The number of aryl methyl sites for hydroxylation is 1. The van der Waals surface area contributed by atoms with Crippen LogP contribution in [0, 0.1) is 6.92 Å². The molecule has 1 saturated heterocycles. The Kier molecular flexibility index (Phi) is 23.0. The van der Waals surface area contributed by atoms with Crippen LogP contribution in [0.15, 0.2) is 66.1 Å². The molecule has 6 heteroatoms. The summed E-state index contributed by atoms with van der Waals surface area (Å²) in [5, 5.41) is 17.1. The lowest BCUT2D eigenvalue weighted by Gasteiger charge is -2.14. The van der Waals surface area contributed by atoms with Crippen LogP contribution >= 0.6 is 38.1 Å². The van der Waals surface area contributed by atoms with Crippen LogP contribution in [0.1, 0.15) is 63.6 Å². The van der Waals surface area contributed by atoms with Crippen molar-refractivity contribution in [2.75, 3.05) is 5.75 Å². The predicted molar refractivity (Wildman–Crippen MR) is 149 cm³/mol. The molecule has 1 heterocycles. The fraction of sp³-hybridized carbons (Fsp3) is 0.440. The maximum absolute atomic E-state index is 9.22. The van der Waals surface area contributed by atoms with Gasteiger partial charge in [0.1, 0.15) is 5.75 Å². The maximum Gasteiger partial charge on any atom is 0.115 e. The summed E-state index contributed by atoms with van der Waals surface area (Å²) in [5.74, 6) is 1.13. The van der Waals surface area contributed by atoms with Crippen LogP contribution in [-0.4, -0.2) is 16.9 Å². The van der Waals surface area contributed by atoms with E-state index < -0.39 is 0 Å². The van der Waals surface area contributed by atoms with E-state index in [1.54, 1.807) is 18.2 Å². The molecule has 2 atom stereocenters. The lowest BCUT2D eigenvalue weighted by atomic mass is 10.0. The molecule has 0 saturated carbocycles. The Labute approximate surface area is 207 Å². The van der Waals surface area contributed by atoms with E-state index in [1.807, 2.05) is 57.2 Å². The number of hydrogen-bond acceptors (Lipinski definition) is 6. The fourth-order valence-electron chi connectivity index (χ4n) is 2.93. The summed E-state index contributed by atoms with van der Waals surface area (Å²) in [5.41, 5.74) is 2.53. The van der Waals surface area contributed by atoms with Gasteiger partial charge in [-0.1, -0.05) is 63.6 Å². The third kappa shape index (κ3) is 15.4. The van der Waals surface area contributed by atoms with E-state index >= 15 is 0 Å². The summed E-state index contributed by atoms with van der Waals surface area (Å²) in [6.45, 7) is 11.7. The minimum atomic E-state index is 0.349. The monoisotopic (exact) mass is 482 g/mol. The minimum Gasteiger partial charge on any atom is -0.508 e. The molecule has 176 valence electrons. The van der Waals surface area contributed by atoms with E-state index in [4.69, 9.17) is 0 Å². The predicted octanol–water partition coefficient (Wildman–Crippen LogP) is 7.19. The van der Waals surface area contributed by atoms with Gasteiger partial charge in [-0.15, -0.1) is 32.0 Å². The van der Waals surface area contributed by atoms with Crippen LogP contribution in [0.2, 0.25) is 0 Å². The van der Waals surface area contributed by atoms with E-state index in [1.165, 1.54) is 36.8 Å². The van der Waals surface area contributed by atoms with Crippen molar-refractivity contribution in [1.82, 2.24) is 5.32 Å². The zero-order chi connectivity index (χ0) is 24.1. The summed E-state index contributed by atoms with van der Waals surface area (Å²) in [4.78, 5) is 1.06. The van der Waals surface area contributed by atoms with Crippen molar-refractivity contribution in [1.29, 1.82) is 0 Å². The van der Waals surface area contributed by atoms with Gasteiger partial charge in [-0.05, 0) is 55.5 Å². The number of phenolic OH excluding ortho intramolecular Hbond substituents is 1. The van der Waals surface area contributed by atoms with Gasteiger partial charge in [-0.3, -0.25) is 5.14 Å². The van der Waals surface area contributed by atoms with Gasteiger partial charge in [0, 0.05) is 22.7 Å². The number of hydrogen-bond donors (Lipinski definition) is 6. The number of thiol groups is 3. The number of phenols is 1. The first-order chi connectivity index (χ1) is 15.0. The largest absolute Gasteiger partial charge is 0.508 e. The van der Waals surface area contributed by atoms with Gasteiger partial charge in [0.25, 0.3) is 0 Å². The van der Waals surface area contributed by atoms with E-state index in [9.17, 15) is 5.11 Å². The summed E-state index contributed by atoms with van der Waals surface area (Å²) < 4.78 is 0. The van der Waals surface area contributed by atoms with E-state index in [-0.39, 0.29) is 0 Å². The quantitative estimate of drug-likeness (QED) is 0.207. The molecule has 2 aromatic rings. The molecule has 2 unspecified atom stereocenters. The van der Waals surface area contributed by atoms with Crippen molar-refractivity contribution < 1.29 is 5.11 Å². The SMILES string of the molecule is C=CCS.CC.CCCC1CCC(c2ccc(O)cc2)N1.Cc1ccccc1S.NS. The Bertz CT molecular complexity index is 645. The van der Waals surface area contributed by atoms with Crippen LogP contribution in [0.5, 0.6) is 5.75 Å². The van der Waals surface area contributed by atoms with E-state index in [0.29, 0.717) is 17.8 Å². The number of nitrogens with one attached hydrogen (secondary N) is 1. The number of benzene rings is 2. The molecule has 2 aromatic carbocycles. The Morgan fingerprint density at radius 2 is 1.65 bits per heavy atom. The first-order valence-electron chi connectivity index (χ1n) is 10.8. The van der Waals surface area contributed by atoms with Crippen LogP contribution in [0.4, 0.5) is 0 Å². The van der Waals surface area contributed by atoms with Crippen molar-refractivity contribution in [3.63, 3.8) is 0 Å². The van der Waals surface area contributed by atoms with Gasteiger partial charge in [-0.25, -0.2) is 0 Å². The standard InChI is InChI=1S/C13H19NO.C7H8S.C3H6S.C2H6.H3NS/c1-2-3-11-6-9-13(14-11)10-4-7-12(15)8-5-10;1-6-4-2-3-5-7(6)8;1-2-3-4;2*1-2/h4-5,7-8,11,13-15H,2-3,6,9H2,1H3;2-5,8H,1H3;2,4H,1,3H2;1-2H3;2H,1H2. The highest BCUT2D eigenvalue weighted by Gasteiger charge is 2.23. The Morgan fingerprint density at radius 1 is 1.10 bits per heavy atom. The van der Waals surface area contributed by atoms with E-state index in [2.05, 4.69) is 62.0 Å². The molecule has 1 aliphatic heterocycles. The lowest BCUT2D eigenvalue weighted by molar-refractivity contribution is 0.474. The minimum absolute atomic E-state index is 0.349. The lowest BCUT2D eigenvalue weighted by Crippen LogP contribution is -2.23. The molecule has 1 aliphatic rings. The molecule has 0 aromatic heterocycles. The highest BCUT2D eigenvalue weighted by atomic mass is 32.1. The number of aromatic hydroxyl groups is 1. The molecule has 0 bridgehead atoms. The molecule has 1 fully saturated rings. The molecule has 3 rings (SSSR count). The molecule has 3 nitrogen and oxygen atoms in total. The summed E-state index contributed by atoms with van der Waals surface area (Å²) in [6, 6.07) is 16.8. The van der Waals surface area contributed by atoms with Gasteiger partial charge < -0.3 is 10.4 Å². The average Bonchev–Trinajstić information content (AvgIpc) is 3.28. The van der Waals surface area contributed by atoms with E-state index in [0.717, 1.165) is 10.6 Å². The van der Waals surface area contributed by atoms with Crippen LogP contribution in [0.25, 0.3) is 0 Å². The van der Waals surface area contributed by atoms with Gasteiger partial charge in [0.15, 0.2) is 0 Å². The number of rotatable bonds is 4. The third-order valence-corrected chi connectivity index (χ3v) is 5.18. The van der Waals surface area contributed by atoms with Crippen molar-refractivity contribution in [2.24, 2.45) is 5.14 Å². The Hall–Kier alpha value is -1.05. The Balaban J connectivity index is 0. The van der Waals surface area contributed by atoms with Crippen LogP contribution < -0.4 is 10.5 Å². The van der Waals surface area contributed by atoms with Crippen LogP contribution in [-0.2, 0) is 0 Å². The highest BCUT2D eigenvalue weighted by molar-refractivity contribution is 7.80. The van der Waals surface area contributed by atoms with Gasteiger partial charge in [0.05, 0.1) is 0 Å². The first-order valence-corrected chi connectivity index (χ1v) is 12.4. The van der Waals surface area contributed by atoms with Gasteiger partial charge in [-0.2, -0.15) is 12.6 Å². The van der Waals surface area contributed by atoms with Crippen LogP contribution in [0.3, 0.4) is 0 Å². The summed E-state index contributed by atoms with van der Waals surface area (Å²) in [6.07, 6.45) is 6.76. The molecule has 0 spiro atoms. The Morgan fingerprint density at radius 3 is 2.06 bits per heavy atom. The number of nitrogens with two attached hydrogens (primary N) is 1. The van der Waals surface area contributed by atoms with Crippen molar-refractivity contribution in [3.05, 3.63) is 72.3 Å². The maximum atomic E-state index is 9.22. The van der Waals surface area contributed by atoms with Crippen molar-refractivity contribution in [3.8, 4) is 5.75 Å². The summed E-state index contributed by atoms with van der Waals surface area (Å²) >= 11 is 11.0. The smallest absolute Gasteiger partial charge is 0.115 e. The molecular weight excluding hydrogens is 440 g/mol. The second kappa shape index (κ2) is 22.2. The average molecular weight is 483 g/mol. The molecular formula is C25H42N2OS3. The zero-order valence-electron chi connectivity index (χ0n) is 19.5. The zero-order valence-corrected chi connectivity index (χ0v) is 22.1. The molecule has 4 N–H and O–H groups in total. The second-order valence-corrected chi connectivity index (χ2v) is 7.48. The topological polar surface area (TPSA) is 58.3 Å². The second-order valence-electron chi connectivity index (χ2n) is 6.63. The molecule has 0 radical (unpaired) electrons. The van der Waals surface area contributed by atoms with Crippen molar-refractivity contribution >= 4 is 38.1 Å². The third-order valence-electron chi connectivity index (χ3n) is 4.42. The molecule has 31 heavy (non-hydrogen) atoms. The first kappa shape index (κ1) is 32.1.